The molecule has 0 fully saturated rings. The van der Waals surface area contributed by atoms with Crippen LogP contribution in [-0.2, 0) is 14.3 Å². The van der Waals surface area contributed by atoms with Crippen LogP contribution in [0.25, 0.3) is 0 Å². The quantitative estimate of drug-likeness (QED) is 0.494. The summed E-state index contributed by atoms with van der Waals surface area (Å²) in [6, 6.07) is 0. The molecule has 68 valence electrons. The zero-order valence-corrected chi connectivity index (χ0v) is 8.02. The maximum atomic E-state index is 10.9. The first kappa shape index (κ1) is 11.2. The topological polar surface area (TPSA) is 43.4 Å². The third kappa shape index (κ3) is 5.97. The minimum atomic E-state index is -0.500. The summed E-state index contributed by atoms with van der Waals surface area (Å²) >= 11 is 1.20. The Hall–Kier alpha value is -0.770. The van der Waals surface area contributed by atoms with E-state index >= 15 is 0 Å². The van der Waals surface area contributed by atoms with Crippen LogP contribution in [0, 0.1) is 0 Å². The van der Waals surface area contributed by atoms with Crippen molar-refractivity contribution in [2.75, 3.05) is 12.9 Å². The molecule has 0 N–H and O–H groups in total. The number of rotatable bonds is 4. The van der Waals surface area contributed by atoms with Gasteiger partial charge in [0.2, 0.25) is 5.12 Å². The van der Waals surface area contributed by atoms with E-state index in [9.17, 15) is 9.59 Å². The lowest BCUT2D eigenvalue weighted by Crippen LogP contribution is -1.96. The van der Waals surface area contributed by atoms with Crippen molar-refractivity contribution in [1.29, 1.82) is 0 Å². The van der Waals surface area contributed by atoms with Crippen molar-refractivity contribution in [2.24, 2.45) is 0 Å². The Labute approximate surface area is 76.2 Å². The maximum Gasteiger partial charge on any atom is 0.330 e. The minimum absolute atomic E-state index is 0.109. The summed E-state index contributed by atoms with van der Waals surface area (Å²) in [5.74, 6) is 0.283. The van der Waals surface area contributed by atoms with E-state index in [1.807, 2.05) is 6.92 Å². The molecule has 0 aliphatic carbocycles. The lowest BCUT2D eigenvalue weighted by atomic mass is 10.5. The van der Waals surface area contributed by atoms with Crippen molar-refractivity contribution in [2.45, 2.75) is 13.3 Å². The second-order valence-electron chi connectivity index (χ2n) is 2.02. The number of ether oxygens (including phenoxy) is 1. The molecule has 0 saturated carbocycles. The largest absolute Gasteiger partial charge is 0.466 e. The van der Waals surface area contributed by atoms with Gasteiger partial charge in [-0.25, -0.2) is 4.79 Å². The average Bonchev–Trinajstić information content (AvgIpc) is 2.10. The molecule has 0 atom stereocenters. The van der Waals surface area contributed by atoms with Crippen molar-refractivity contribution in [1.82, 2.24) is 0 Å². The fraction of sp³-hybridized carbons (Fsp3) is 0.500. The summed E-state index contributed by atoms with van der Waals surface area (Å²) in [6.45, 7) is 1.99. The lowest BCUT2D eigenvalue weighted by Gasteiger charge is -1.91. The summed E-state index contributed by atoms with van der Waals surface area (Å²) in [7, 11) is 1.27. The molecule has 0 amide bonds. The van der Waals surface area contributed by atoms with E-state index in [2.05, 4.69) is 4.74 Å². The normalized spacial score (nSPS) is 10.2. The van der Waals surface area contributed by atoms with Crippen LogP contribution in [0.1, 0.15) is 13.3 Å². The summed E-state index contributed by atoms with van der Waals surface area (Å²) in [6.07, 6.45) is 3.31. The fourth-order valence-corrected chi connectivity index (χ4v) is 1.02. The zero-order chi connectivity index (χ0) is 9.40. The average molecular weight is 188 g/mol. The van der Waals surface area contributed by atoms with Crippen LogP contribution in [0.15, 0.2) is 12.2 Å². The van der Waals surface area contributed by atoms with Crippen LogP contribution in [-0.4, -0.2) is 23.9 Å². The van der Waals surface area contributed by atoms with Gasteiger partial charge in [-0.3, -0.25) is 4.79 Å². The number of thioether (sulfide) groups is 1. The van der Waals surface area contributed by atoms with E-state index < -0.39 is 5.97 Å². The van der Waals surface area contributed by atoms with Gasteiger partial charge in [0, 0.05) is 11.8 Å². The summed E-state index contributed by atoms with van der Waals surface area (Å²) in [5.41, 5.74) is 0. The number of esters is 1. The predicted molar refractivity (Wildman–Crippen MR) is 48.9 cm³/mol. The number of hydrogen-bond acceptors (Lipinski definition) is 4. The van der Waals surface area contributed by atoms with Gasteiger partial charge in [0.25, 0.3) is 0 Å². The molecule has 0 heterocycles. The van der Waals surface area contributed by atoms with E-state index in [4.69, 9.17) is 0 Å². The monoisotopic (exact) mass is 188 g/mol. The van der Waals surface area contributed by atoms with Gasteiger partial charge in [-0.05, 0) is 12.5 Å². The smallest absolute Gasteiger partial charge is 0.330 e. The molecule has 0 rings (SSSR count). The lowest BCUT2D eigenvalue weighted by molar-refractivity contribution is -0.135. The van der Waals surface area contributed by atoms with Gasteiger partial charge in [-0.2, -0.15) is 0 Å². The molecule has 0 saturated heterocycles. The molecule has 12 heavy (non-hydrogen) atoms. The van der Waals surface area contributed by atoms with Crippen LogP contribution in [0.4, 0.5) is 0 Å². The summed E-state index contributed by atoms with van der Waals surface area (Å²) < 4.78 is 4.32. The van der Waals surface area contributed by atoms with Gasteiger partial charge < -0.3 is 4.74 Å². The molecule has 3 nitrogen and oxygen atoms in total. The molecule has 0 spiro atoms. The second kappa shape index (κ2) is 6.91. The van der Waals surface area contributed by atoms with Crippen LogP contribution < -0.4 is 0 Å². The first-order valence-electron chi connectivity index (χ1n) is 3.63. The number of methoxy groups -OCH3 is 1. The highest BCUT2D eigenvalue weighted by molar-refractivity contribution is 8.14. The maximum absolute atomic E-state index is 10.9. The fourth-order valence-electron chi connectivity index (χ4n) is 0.455. The molecule has 0 aliphatic heterocycles. The van der Waals surface area contributed by atoms with Crippen LogP contribution >= 0.6 is 11.8 Å². The highest BCUT2D eigenvalue weighted by Gasteiger charge is 1.97. The van der Waals surface area contributed by atoms with Gasteiger partial charge >= 0.3 is 5.97 Å². The van der Waals surface area contributed by atoms with E-state index in [0.29, 0.717) is 0 Å². The molecule has 0 radical (unpaired) electrons. The SMILES string of the molecule is CCCSC(=O)/C=C/C(=O)OC. The van der Waals surface area contributed by atoms with E-state index in [1.54, 1.807) is 0 Å². The van der Waals surface area contributed by atoms with E-state index in [-0.39, 0.29) is 5.12 Å². The third-order valence-electron chi connectivity index (χ3n) is 1.01. The Bertz CT molecular complexity index is 187. The van der Waals surface area contributed by atoms with Crippen LogP contribution in [0.3, 0.4) is 0 Å². The standard InChI is InChI=1S/C8H12O3S/c1-3-6-12-8(10)5-4-7(9)11-2/h4-5H,3,6H2,1-2H3/b5-4+. The van der Waals surface area contributed by atoms with Gasteiger partial charge in [0.05, 0.1) is 7.11 Å². The van der Waals surface area contributed by atoms with Crippen molar-refractivity contribution < 1.29 is 14.3 Å². The highest BCUT2D eigenvalue weighted by atomic mass is 32.2. The Balaban J connectivity index is 3.67. The van der Waals surface area contributed by atoms with Crippen LogP contribution in [0.2, 0.25) is 0 Å². The number of carbonyl (C=O) groups is 2. The predicted octanol–water partition coefficient (Wildman–Crippen LogP) is 1.39. The van der Waals surface area contributed by atoms with Gasteiger partial charge in [-0.1, -0.05) is 18.7 Å². The van der Waals surface area contributed by atoms with Crippen molar-refractivity contribution in [3.05, 3.63) is 12.2 Å². The number of carbonyl (C=O) groups excluding carboxylic acids is 2. The van der Waals surface area contributed by atoms with E-state index in [0.717, 1.165) is 18.2 Å². The van der Waals surface area contributed by atoms with Crippen molar-refractivity contribution in [3.8, 4) is 0 Å². The first-order chi connectivity index (χ1) is 5.70. The molecular formula is C8H12O3S. The molecule has 0 aromatic heterocycles. The Morgan fingerprint density at radius 1 is 1.42 bits per heavy atom. The Kier molecular flexibility index (Phi) is 6.47. The van der Waals surface area contributed by atoms with Gasteiger partial charge in [0.15, 0.2) is 0 Å². The molecule has 0 aliphatic rings. The Morgan fingerprint density at radius 2 is 2.08 bits per heavy atom. The first-order valence-corrected chi connectivity index (χ1v) is 4.62. The molecular weight excluding hydrogens is 176 g/mol. The number of hydrogen-bond donors (Lipinski definition) is 0. The molecule has 0 unspecified atom stereocenters. The summed E-state index contributed by atoms with van der Waals surface area (Å²) in [4.78, 5) is 21.4. The second-order valence-corrected chi connectivity index (χ2v) is 3.12. The van der Waals surface area contributed by atoms with Crippen LogP contribution in [0.5, 0.6) is 0 Å². The highest BCUT2D eigenvalue weighted by Crippen LogP contribution is 2.04. The zero-order valence-electron chi connectivity index (χ0n) is 7.20. The molecule has 0 aromatic rings. The van der Waals surface area contributed by atoms with Crippen molar-refractivity contribution in [3.63, 3.8) is 0 Å². The molecule has 4 heteroatoms. The third-order valence-corrected chi connectivity index (χ3v) is 2.04. The van der Waals surface area contributed by atoms with E-state index in [1.165, 1.54) is 24.9 Å². The van der Waals surface area contributed by atoms with Gasteiger partial charge in [-0.15, -0.1) is 0 Å². The minimum Gasteiger partial charge on any atom is -0.466 e. The van der Waals surface area contributed by atoms with Crippen molar-refractivity contribution >= 4 is 22.8 Å². The Morgan fingerprint density at radius 3 is 2.58 bits per heavy atom. The summed E-state index contributed by atoms with van der Waals surface area (Å²) in [5, 5.41) is -0.109. The molecule has 0 aromatic carbocycles. The molecule has 0 bridgehead atoms. The van der Waals surface area contributed by atoms with Gasteiger partial charge in [0.1, 0.15) is 0 Å².